The van der Waals surface area contributed by atoms with E-state index in [1.807, 2.05) is 12.1 Å². The fraction of sp³-hybridized carbons (Fsp3) is 0.476. The van der Waals surface area contributed by atoms with Crippen molar-refractivity contribution in [2.24, 2.45) is 10.9 Å². The van der Waals surface area contributed by atoms with E-state index in [1.54, 1.807) is 13.2 Å². The molecule has 0 spiro atoms. The van der Waals surface area contributed by atoms with Crippen LogP contribution in [-0.4, -0.2) is 31.9 Å². The van der Waals surface area contributed by atoms with Gasteiger partial charge >= 0.3 is 0 Å². The summed E-state index contributed by atoms with van der Waals surface area (Å²) < 4.78 is 5.55. The fourth-order valence-corrected chi connectivity index (χ4v) is 3.58. The Kier molecular flexibility index (Phi) is 4.81. The summed E-state index contributed by atoms with van der Waals surface area (Å²) in [7, 11) is 1.65. The predicted molar refractivity (Wildman–Crippen MR) is 104 cm³/mol. The standard InChI is InChI=1S/C21H25N3O2/c1-26-18-12-11-17(24-13-4-2-3-5-14-24)16-7-6-8-19(22-20(16)18)23-21(25)15-9-10-15/h7-8,11-12,15H,2-5,9-10,13-14H2,1H3,(H,22,23,25). The lowest BCUT2D eigenvalue weighted by atomic mass is 10.1. The molecule has 1 aromatic carbocycles. The summed E-state index contributed by atoms with van der Waals surface area (Å²) in [5, 5.41) is 2.93. The van der Waals surface area contributed by atoms with Crippen LogP contribution >= 0.6 is 0 Å². The van der Waals surface area contributed by atoms with Gasteiger partial charge in [-0.25, -0.2) is 4.99 Å². The molecule has 2 heterocycles. The number of methoxy groups -OCH3 is 1. The van der Waals surface area contributed by atoms with E-state index in [2.05, 4.69) is 22.0 Å². The minimum absolute atomic E-state index is 0.0490. The van der Waals surface area contributed by atoms with Crippen LogP contribution in [0.1, 0.15) is 44.1 Å². The van der Waals surface area contributed by atoms with Gasteiger partial charge in [-0.1, -0.05) is 12.8 Å². The summed E-state index contributed by atoms with van der Waals surface area (Å²) in [5.41, 5.74) is 6.13. The second-order valence-electron chi connectivity index (χ2n) is 7.17. The number of fused-ring (bicyclic) bond motifs is 1. The lowest BCUT2D eigenvalue weighted by molar-refractivity contribution is -0.120. The second-order valence-corrected chi connectivity index (χ2v) is 7.17. The number of rotatable bonds is 3. The molecule has 2 aliphatic heterocycles. The van der Waals surface area contributed by atoms with Gasteiger partial charge in [-0.15, -0.1) is 5.73 Å². The quantitative estimate of drug-likeness (QED) is 0.843. The van der Waals surface area contributed by atoms with Crippen molar-refractivity contribution >= 4 is 29.2 Å². The monoisotopic (exact) mass is 351 g/mol. The van der Waals surface area contributed by atoms with E-state index in [4.69, 9.17) is 9.73 Å². The maximum absolute atomic E-state index is 12.1. The zero-order valence-corrected chi connectivity index (χ0v) is 15.3. The summed E-state index contributed by atoms with van der Waals surface area (Å²) in [5.74, 6) is 1.43. The third-order valence-electron chi connectivity index (χ3n) is 5.20. The highest BCUT2D eigenvalue weighted by Crippen LogP contribution is 2.40. The molecule has 5 nitrogen and oxygen atoms in total. The van der Waals surface area contributed by atoms with Crippen molar-refractivity contribution in [1.29, 1.82) is 0 Å². The molecule has 1 aromatic rings. The highest BCUT2D eigenvalue weighted by atomic mass is 16.5. The molecule has 0 unspecified atom stereocenters. The highest BCUT2D eigenvalue weighted by molar-refractivity contribution is 6.08. The number of hydrogen-bond acceptors (Lipinski definition) is 4. The van der Waals surface area contributed by atoms with E-state index in [1.165, 1.54) is 31.4 Å². The number of nitrogens with zero attached hydrogens (tertiary/aromatic N) is 2. The van der Waals surface area contributed by atoms with Gasteiger partial charge < -0.3 is 15.0 Å². The summed E-state index contributed by atoms with van der Waals surface area (Å²) in [6.07, 6.45) is 10.7. The fourth-order valence-electron chi connectivity index (χ4n) is 3.58. The van der Waals surface area contributed by atoms with Crippen LogP contribution in [0.5, 0.6) is 5.75 Å². The number of nitrogens with one attached hydrogen (secondary N) is 1. The van der Waals surface area contributed by atoms with Gasteiger partial charge in [-0.2, -0.15) is 0 Å². The van der Waals surface area contributed by atoms with Crippen molar-refractivity contribution < 1.29 is 9.53 Å². The van der Waals surface area contributed by atoms with Crippen LogP contribution in [0.15, 0.2) is 28.9 Å². The molecule has 1 saturated carbocycles. The van der Waals surface area contributed by atoms with Crippen LogP contribution in [0.3, 0.4) is 0 Å². The number of anilines is 1. The molecule has 3 aliphatic rings. The summed E-state index contributed by atoms with van der Waals surface area (Å²) in [4.78, 5) is 19.3. The topological polar surface area (TPSA) is 53.9 Å². The molecular formula is C21H25N3O2. The van der Waals surface area contributed by atoms with E-state index < -0.39 is 0 Å². The minimum Gasteiger partial charge on any atom is -0.494 e. The Morgan fingerprint density at radius 2 is 1.96 bits per heavy atom. The molecule has 1 N–H and O–H groups in total. The lowest BCUT2D eigenvalue weighted by Gasteiger charge is -2.25. The number of carbonyl (C=O) groups excluding carboxylic acids is 1. The van der Waals surface area contributed by atoms with Gasteiger partial charge in [0, 0.05) is 36.3 Å². The molecule has 2 fully saturated rings. The number of hydrogen-bond donors (Lipinski definition) is 1. The first kappa shape index (κ1) is 16.9. The van der Waals surface area contributed by atoms with Crippen molar-refractivity contribution in [3.63, 3.8) is 0 Å². The number of amides is 1. The third-order valence-corrected chi connectivity index (χ3v) is 5.20. The number of aliphatic imine (C=N–C) groups is 1. The first-order chi connectivity index (χ1) is 12.8. The smallest absolute Gasteiger partial charge is 0.228 e. The molecule has 0 radical (unpaired) electrons. The normalized spacial score (nSPS) is 19.3. The van der Waals surface area contributed by atoms with Crippen molar-refractivity contribution in [2.75, 3.05) is 25.1 Å². The van der Waals surface area contributed by atoms with Crippen molar-refractivity contribution in [3.05, 3.63) is 29.5 Å². The molecular weight excluding hydrogens is 326 g/mol. The Morgan fingerprint density at radius 1 is 1.19 bits per heavy atom. The average Bonchev–Trinajstić information content (AvgIpc) is 3.48. The van der Waals surface area contributed by atoms with Crippen LogP contribution in [0.2, 0.25) is 0 Å². The molecule has 1 saturated heterocycles. The molecule has 4 rings (SSSR count). The highest BCUT2D eigenvalue weighted by Gasteiger charge is 2.30. The largest absolute Gasteiger partial charge is 0.494 e. The Bertz CT molecular complexity index is 794. The van der Waals surface area contributed by atoms with Gasteiger partial charge in [0.2, 0.25) is 5.91 Å². The van der Waals surface area contributed by atoms with Gasteiger partial charge in [-0.05, 0) is 43.9 Å². The second kappa shape index (κ2) is 7.38. The van der Waals surface area contributed by atoms with Crippen molar-refractivity contribution in [1.82, 2.24) is 5.32 Å². The van der Waals surface area contributed by atoms with E-state index in [-0.39, 0.29) is 11.8 Å². The lowest BCUT2D eigenvalue weighted by Crippen LogP contribution is -2.30. The van der Waals surface area contributed by atoms with E-state index in [0.717, 1.165) is 37.2 Å². The van der Waals surface area contributed by atoms with E-state index in [9.17, 15) is 4.79 Å². The molecule has 1 aliphatic carbocycles. The Labute approximate surface area is 154 Å². The molecule has 136 valence electrons. The Hall–Kier alpha value is -2.52. The van der Waals surface area contributed by atoms with Crippen LogP contribution in [0.4, 0.5) is 11.4 Å². The number of benzene rings is 1. The van der Waals surface area contributed by atoms with Crippen LogP contribution in [0.25, 0.3) is 6.08 Å². The van der Waals surface area contributed by atoms with Gasteiger partial charge in [0.1, 0.15) is 17.3 Å². The molecule has 0 bridgehead atoms. The first-order valence-corrected chi connectivity index (χ1v) is 9.54. The van der Waals surface area contributed by atoms with E-state index >= 15 is 0 Å². The summed E-state index contributed by atoms with van der Waals surface area (Å²) in [6.45, 7) is 2.12. The Balaban J connectivity index is 1.71. The van der Waals surface area contributed by atoms with Crippen molar-refractivity contribution in [3.8, 4) is 5.75 Å². The third kappa shape index (κ3) is 3.54. The zero-order valence-electron chi connectivity index (χ0n) is 15.3. The molecule has 26 heavy (non-hydrogen) atoms. The summed E-state index contributed by atoms with van der Waals surface area (Å²) >= 11 is 0. The molecule has 5 heteroatoms. The maximum atomic E-state index is 12.1. The van der Waals surface area contributed by atoms with Crippen LogP contribution < -0.4 is 15.0 Å². The number of amidine groups is 1. The minimum atomic E-state index is 0.0490. The Morgan fingerprint density at radius 3 is 2.65 bits per heavy atom. The first-order valence-electron chi connectivity index (χ1n) is 9.54. The molecule has 0 atom stereocenters. The number of ether oxygens (including phenoxy) is 1. The zero-order chi connectivity index (χ0) is 17.9. The van der Waals surface area contributed by atoms with Gasteiger partial charge in [0.05, 0.1) is 7.11 Å². The van der Waals surface area contributed by atoms with Crippen LogP contribution in [-0.2, 0) is 4.79 Å². The number of carbonyl (C=O) groups is 1. The van der Waals surface area contributed by atoms with Gasteiger partial charge in [-0.3, -0.25) is 4.79 Å². The van der Waals surface area contributed by atoms with Gasteiger partial charge in [0.25, 0.3) is 0 Å². The molecule has 0 aromatic heterocycles. The molecule has 1 amide bonds. The van der Waals surface area contributed by atoms with Crippen LogP contribution in [0, 0.1) is 5.92 Å². The predicted octanol–water partition coefficient (Wildman–Crippen LogP) is 3.81. The summed E-state index contributed by atoms with van der Waals surface area (Å²) in [6, 6.07) is 4.09. The van der Waals surface area contributed by atoms with Gasteiger partial charge in [0.15, 0.2) is 0 Å². The van der Waals surface area contributed by atoms with Crippen molar-refractivity contribution in [2.45, 2.75) is 38.5 Å². The SMILES string of the molecule is COc1ccc(N2CCCCCC2)c2c1N=C(NC(=O)C1CC1)C=C=C2. The average molecular weight is 351 g/mol. The maximum Gasteiger partial charge on any atom is 0.228 e. The van der Waals surface area contributed by atoms with E-state index in [0.29, 0.717) is 11.6 Å².